The van der Waals surface area contributed by atoms with Crippen LogP contribution < -0.4 is 0 Å². The lowest BCUT2D eigenvalue weighted by molar-refractivity contribution is -0.167. The summed E-state index contributed by atoms with van der Waals surface area (Å²) in [4.78, 5) is 37.9. The van der Waals surface area contributed by atoms with Crippen LogP contribution >= 0.6 is 0 Å². The quantitative estimate of drug-likeness (QED) is 0.0344. The molecule has 0 rings (SSSR count). The van der Waals surface area contributed by atoms with Gasteiger partial charge in [-0.1, -0.05) is 290 Å². The summed E-state index contributed by atoms with van der Waals surface area (Å²) >= 11 is 0. The minimum Gasteiger partial charge on any atom is -0.462 e. The maximum atomic E-state index is 12.8. The van der Waals surface area contributed by atoms with E-state index in [1.807, 2.05) is 0 Å². The first-order valence-corrected chi connectivity index (χ1v) is 28.5. The number of unbranched alkanes of at least 4 members (excludes halogenated alkanes) is 42. The van der Waals surface area contributed by atoms with Crippen molar-refractivity contribution < 1.29 is 28.6 Å². The van der Waals surface area contributed by atoms with Gasteiger partial charge in [0, 0.05) is 19.3 Å². The molecule has 0 bridgehead atoms. The lowest BCUT2D eigenvalue weighted by atomic mass is 10.0. The van der Waals surface area contributed by atoms with Gasteiger partial charge in [0.15, 0.2) is 6.10 Å². The van der Waals surface area contributed by atoms with Crippen LogP contribution in [0.25, 0.3) is 0 Å². The van der Waals surface area contributed by atoms with E-state index in [-0.39, 0.29) is 31.1 Å². The molecule has 0 amide bonds. The van der Waals surface area contributed by atoms with Gasteiger partial charge in [0.1, 0.15) is 13.2 Å². The van der Waals surface area contributed by atoms with Crippen molar-refractivity contribution in [1.29, 1.82) is 0 Å². The van der Waals surface area contributed by atoms with Crippen molar-refractivity contribution in [2.24, 2.45) is 0 Å². The molecule has 0 saturated heterocycles. The first kappa shape index (κ1) is 61.4. The van der Waals surface area contributed by atoms with E-state index >= 15 is 0 Å². The van der Waals surface area contributed by atoms with E-state index in [2.05, 4.69) is 20.8 Å². The van der Waals surface area contributed by atoms with Crippen LogP contribution in [0.2, 0.25) is 0 Å². The first-order chi connectivity index (χ1) is 31.0. The van der Waals surface area contributed by atoms with E-state index in [0.717, 1.165) is 57.8 Å². The van der Waals surface area contributed by atoms with E-state index < -0.39 is 6.10 Å². The third kappa shape index (κ3) is 51.3. The third-order valence-corrected chi connectivity index (χ3v) is 13.1. The van der Waals surface area contributed by atoms with Gasteiger partial charge in [0.05, 0.1) is 0 Å². The first-order valence-electron chi connectivity index (χ1n) is 28.5. The van der Waals surface area contributed by atoms with Crippen molar-refractivity contribution in [3.05, 3.63) is 0 Å². The van der Waals surface area contributed by atoms with Gasteiger partial charge in [0.25, 0.3) is 0 Å². The Morgan fingerprint density at radius 2 is 0.429 bits per heavy atom. The van der Waals surface area contributed by atoms with E-state index in [1.165, 1.54) is 231 Å². The van der Waals surface area contributed by atoms with Gasteiger partial charge in [-0.15, -0.1) is 0 Å². The second-order valence-electron chi connectivity index (χ2n) is 19.6. The Morgan fingerprint density at radius 3 is 0.635 bits per heavy atom. The summed E-state index contributed by atoms with van der Waals surface area (Å²) in [5.74, 6) is -0.843. The van der Waals surface area contributed by atoms with Crippen LogP contribution in [0.3, 0.4) is 0 Å². The fourth-order valence-electron chi connectivity index (χ4n) is 8.80. The van der Waals surface area contributed by atoms with Crippen LogP contribution in [0.1, 0.15) is 329 Å². The Balaban J connectivity index is 4.08. The highest BCUT2D eigenvalue weighted by atomic mass is 16.6. The predicted molar refractivity (Wildman–Crippen MR) is 270 cm³/mol. The number of esters is 3. The Hall–Kier alpha value is -1.59. The Labute approximate surface area is 393 Å². The van der Waals surface area contributed by atoms with Crippen molar-refractivity contribution in [2.45, 2.75) is 335 Å². The molecule has 0 aromatic carbocycles. The monoisotopic (exact) mass is 891 g/mol. The molecule has 6 nitrogen and oxygen atoms in total. The topological polar surface area (TPSA) is 78.9 Å². The van der Waals surface area contributed by atoms with Crippen molar-refractivity contribution >= 4 is 17.9 Å². The molecule has 374 valence electrons. The number of hydrogen-bond acceptors (Lipinski definition) is 6. The van der Waals surface area contributed by atoms with Crippen molar-refractivity contribution in [3.8, 4) is 0 Å². The molecular weight excluding hydrogens is 781 g/mol. The minimum absolute atomic E-state index is 0.0619. The van der Waals surface area contributed by atoms with Gasteiger partial charge in [0.2, 0.25) is 0 Å². The van der Waals surface area contributed by atoms with E-state index in [1.54, 1.807) is 0 Å². The SMILES string of the molecule is CCCCCCCCCCCCCCCCCCCCCCCCCCC(=O)OCC(COC(=O)CCCCCCCCCC)OC(=O)CCCCCCCCCCCCCCC. The molecule has 1 atom stereocenters. The standard InChI is InChI=1S/C57H110O6/c1-4-7-10-13-16-19-21-23-24-25-26-27-28-29-30-31-32-33-35-36-38-41-44-47-50-56(59)62-53-54(52-61-55(58)49-46-43-40-18-15-12-9-6-3)63-57(60)51-48-45-42-39-37-34-22-20-17-14-11-8-5-2/h54H,4-53H2,1-3H3. The second kappa shape index (κ2) is 53.0. The Morgan fingerprint density at radius 1 is 0.254 bits per heavy atom. The average Bonchev–Trinajstić information content (AvgIpc) is 3.28. The molecule has 0 aliphatic rings. The molecule has 1 unspecified atom stereocenters. The highest BCUT2D eigenvalue weighted by Crippen LogP contribution is 2.18. The molecule has 0 heterocycles. The normalized spacial score (nSPS) is 11.9. The van der Waals surface area contributed by atoms with Crippen LogP contribution in [-0.2, 0) is 28.6 Å². The smallest absolute Gasteiger partial charge is 0.306 e. The van der Waals surface area contributed by atoms with Crippen LogP contribution in [0.15, 0.2) is 0 Å². The van der Waals surface area contributed by atoms with Crippen LogP contribution in [0.4, 0.5) is 0 Å². The molecule has 6 heteroatoms. The average molecular weight is 892 g/mol. The molecule has 0 aromatic rings. The zero-order chi connectivity index (χ0) is 45.8. The number of ether oxygens (including phenoxy) is 3. The third-order valence-electron chi connectivity index (χ3n) is 13.1. The molecule has 63 heavy (non-hydrogen) atoms. The summed E-state index contributed by atoms with van der Waals surface area (Å²) in [6, 6.07) is 0. The van der Waals surface area contributed by atoms with Gasteiger partial charge in [-0.3, -0.25) is 14.4 Å². The van der Waals surface area contributed by atoms with Gasteiger partial charge >= 0.3 is 17.9 Å². The second-order valence-corrected chi connectivity index (χ2v) is 19.6. The summed E-state index contributed by atoms with van der Waals surface area (Å²) in [7, 11) is 0. The number of carbonyl (C=O) groups excluding carboxylic acids is 3. The molecule has 0 saturated carbocycles. The predicted octanol–water partition coefficient (Wildman–Crippen LogP) is 18.8. The number of hydrogen-bond donors (Lipinski definition) is 0. The van der Waals surface area contributed by atoms with Gasteiger partial charge < -0.3 is 14.2 Å². The lowest BCUT2D eigenvalue weighted by Gasteiger charge is -2.18. The zero-order valence-electron chi connectivity index (χ0n) is 42.9. The molecule has 0 aromatic heterocycles. The van der Waals surface area contributed by atoms with Gasteiger partial charge in [-0.2, -0.15) is 0 Å². The van der Waals surface area contributed by atoms with Crippen LogP contribution in [0, 0.1) is 0 Å². The maximum absolute atomic E-state index is 12.8. The summed E-state index contributed by atoms with van der Waals surface area (Å²) in [5.41, 5.74) is 0. The molecule has 0 N–H and O–H groups in total. The van der Waals surface area contributed by atoms with Crippen molar-refractivity contribution in [1.82, 2.24) is 0 Å². The molecule has 0 fully saturated rings. The Kier molecular flexibility index (Phi) is 51.7. The fraction of sp³-hybridized carbons (Fsp3) is 0.947. The van der Waals surface area contributed by atoms with Crippen LogP contribution in [-0.4, -0.2) is 37.2 Å². The molecular formula is C57H110O6. The summed E-state index contributed by atoms with van der Waals surface area (Å²) in [6.45, 7) is 6.67. The van der Waals surface area contributed by atoms with Gasteiger partial charge in [-0.05, 0) is 19.3 Å². The van der Waals surface area contributed by atoms with Crippen molar-refractivity contribution in [3.63, 3.8) is 0 Å². The van der Waals surface area contributed by atoms with E-state index in [9.17, 15) is 14.4 Å². The summed E-state index contributed by atoms with van der Waals surface area (Å²) < 4.78 is 16.8. The number of carbonyl (C=O) groups is 3. The van der Waals surface area contributed by atoms with E-state index in [0.29, 0.717) is 19.3 Å². The van der Waals surface area contributed by atoms with E-state index in [4.69, 9.17) is 14.2 Å². The van der Waals surface area contributed by atoms with Crippen LogP contribution in [0.5, 0.6) is 0 Å². The fourth-order valence-corrected chi connectivity index (χ4v) is 8.80. The Bertz CT molecular complexity index is 936. The zero-order valence-corrected chi connectivity index (χ0v) is 42.9. The summed E-state index contributed by atoms with van der Waals surface area (Å²) in [6.07, 6.45) is 58.3. The molecule has 0 spiro atoms. The number of rotatable bonds is 53. The molecule has 0 aliphatic heterocycles. The molecule has 0 radical (unpaired) electrons. The maximum Gasteiger partial charge on any atom is 0.306 e. The van der Waals surface area contributed by atoms with Crippen molar-refractivity contribution in [2.75, 3.05) is 13.2 Å². The summed E-state index contributed by atoms with van der Waals surface area (Å²) in [5, 5.41) is 0. The highest BCUT2D eigenvalue weighted by molar-refractivity contribution is 5.71. The largest absolute Gasteiger partial charge is 0.462 e. The molecule has 0 aliphatic carbocycles. The minimum atomic E-state index is -0.759. The highest BCUT2D eigenvalue weighted by Gasteiger charge is 2.19. The van der Waals surface area contributed by atoms with Gasteiger partial charge in [-0.25, -0.2) is 0 Å². The lowest BCUT2D eigenvalue weighted by Crippen LogP contribution is -2.30.